The topological polar surface area (TPSA) is 13.1 Å². The molecule has 0 saturated carbocycles. The summed E-state index contributed by atoms with van der Waals surface area (Å²) < 4.78 is 5.31. The second-order valence-electron chi connectivity index (χ2n) is 3.12. The third-order valence-corrected chi connectivity index (χ3v) is 2.05. The van der Waals surface area contributed by atoms with Crippen molar-refractivity contribution in [2.75, 3.05) is 0 Å². The van der Waals surface area contributed by atoms with Crippen LogP contribution in [0.3, 0.4) is 0 Å². The molecule has 2 rings (SSSR count). The predicted octanol–water partition coefficient (Wildman–Crippen LogP) is 3.90. The molecule has 1 aromatic rings. The SMILES string of the molecule is CC1=[C-]C(C)C=C1c1ccco1.Cl.Cl.[Zr]. The fourth-order valence-electron chi connectivity index (χ4n) is 1.53. The average molecular weight is 323 g/mol. The Hall–Kier alpha value is 0.223. The molecular formula is C11H13Cl2OZr-. The number of halogens is 2. The van der Waals surface area contributed by atoms with Crippen molar-refractivity contribution < 1.29 is 30.6 Å². The van der Waals surface area contributed by atoms with Gasteiger partial charge in [0.2, 0.25) is 0 Å². The maximum Gasteiger partial charge on any atom is 0.0888 e. The van der Waals surface area contributed by atoms with Gasteiger partial charge in [0.05, 0.1) is 12.0 Å². The first-order valence-electron chi connectivity index (χ1n) is 4.13. The molecule has 0 aromatic carbocycles. The molecule has 1 atom stereocenters. The van der Waals surface area contributed by atoms with Crippen LogP contribution in [-0.2, 0) is 26.2 Å². The van der Waals surface area contributed by atoms with E-state index in [-0.39, 0.29) is 51.0 Å². The van der Waals surface area contributed by atoms with Gasteiger partial charge in [-0.25, -0.2) is 5.57 Å². The first-order valence-corrected chi connectivity index (χ1v) is 4.13. The zero-order chi connectivity index (χ0) is 8.55. The summed E-state index contributed by atoms with van der Waals surface area (Å²) in [6, 6.07) is 3.89. The minimum absolute atomic E-state index is 0. The van der Waals surface area contributed by atoms with E-state index in [0.29, 0.717) is 5.92 Å². The van der Waals surface area contributed by atoms with Gasteiger partial charge in [0, 0.05) is 26.2 Å². The van der Waals surface area contributed by atoms with E-state index in [4.69, 9.17) is 4.42 Å². The maximum atomic E-state index is 5.31. The van der Waals surface area contributed by atoms with Crippen LogP contribution in [0.2, 0.25) is 0 Å². The van der Waals surface area contributed by atoms with Crippen LogP contribution in [0.5, 0.6) is 0 Å². The van der Waals surface area contributed by atoms with Crippen molar-refractivity contribution in [2.45, 2.75) is 13.8 Å². The molecule has 0 bridgehead atoms. The summed E-state index contributed by atoms with van der Waals surface area (Å²) in [5.41, 5.74) is 2.38. The van der Waals surface area contributed by atoms with Crippen molar-refractivity contribution in [3.63, 3.8) is 0 Å². The Morgan fingerprint density at radius 1 is 1.33 bits per heavy atom. The largest absolute Gasteiger partial charge is 0.483 e. The summed E-state index contributed by atoms with van der Waals surface area (Å²) in [4.78, 5) is 0. The van der Waals surface area contributed by atoms with Crippen LogP contribution >= 0.6 is 24.8 Å². The molecule has 1 heterocycles. The Morgan fingerprint density at radius 3 is 2.40 bits per heavy atom. The van der Waals surface area contributed by atoms with Gasteiger partial charge in [-0.1, -0.05) is 19.8 Å². The van der Waals surface area contributed by atoms with E-state index in [1.165, 1.54) is 11.1 Å². The van der Waals surface area contributed by atoms with E-state index in [0.717, 1.165) is 5.76 Å². The molecule has 0 spiro atoms. The monoisotopic (exact) mass is 321 g/mol. The molecule has 0 radical (unpaired) electrons. The van der Waals surface area contributed by atoms with Gasteiger partial charge >= 0.3 is 0 Å². The third kappa shape index (κ3) is 3.94. The summed E-state index contributed by atoms with van der Waals surface area (Å²) >= 11 is 0. The van der Waals surface area contributed by atoms with Gasteiger partial charge in [-0.2, -0.15) is 6.08 Å². The molecule has 1 aliphatic carbocycles. The normalized spacial score (nSPS) is 17.9. The molecule has 0 aliphatic heterocycles. The molecule has 1 unspecified atom stereocenters. The van der Waals surface area contributed by atoms with Crippen LogP contribution in [-0.4, -0.2) is 0 Å². The Morgan fingerprint density at radius 2 is 2.00 bits per heavy atom. The molecule has 0 fully saturated rings. The number of furan rings is 1. The van der Waals surface area contributed by atoms with Crippen molar-refractivity contribution in [2.24, 2.45) is 5.92 Å². The standard InChI is InChI=1S/C11H11O.2ClH.Zr/c1-8-6-9(2)10(7-8)11-4-3-5-12-11;;;/h3-5,7-8H,1-2H3;2*1H;/q-1;;;. The Balaban J connectivity index is 0. The Labute approximate surface area is 122 Å². The molecule has 4 heteroatoms. The quantitative estimate of drug-likeness (QED) is 0.714. The van der Waals surface area contributed by atoms with E-state index in [1.54, 1.807) is 6.26 Å². The maximum absolute atomic E-state index is 5.31. The number of allylic oxidation sites excluding steroid dienone is 4. The molecule has 0 N–H and O–H groups in total. The summed E-state index contributed by atoms with van der Waals surface area (Å²) in [6.45, 7) is 4.19. The fraction of sp³-hybridized carbons (Fsp3) is 0.273. The summed E-state index contributed by atoms with van der Waals surface area (Å²) in [5.74, 6) is 1.37. The number of hydrogen-bond acceptors (Lipinski definition) is 1. The van der Waals surface area contributed by atoms with E-state index in [1.807, 2.05) is 12.1 Å². The van der Waals surface area contributed by atoms with Gasteiger partial charge in [-0.3, -0.25) is 6.08 Å². The Bertz CT molecular complexity index is 341. The molecule has 15 heavy (non-hydrogen) atoms. The van der Waals surface area contributed by atoms with E-state index in [2.05, 4.69) is 26.0 Å². The van der Waals surface area contributed by atoms with Crippen LogP contribution in [0.4, 0.5) is 0 Å². The zero-order valence-corrected chi connectivity index (χ0v) is 12.7. The molecule has 82 valence electrons. The summed E-state index contributed by atoms with van der Waals surface area (Å²) in [5, 5.41) is 0. The third-order valence-electron chi connectivity index (χ3n) is 2.05. The summed E-state index contributed by atoms with van der Waals surface area (Å²) in [7, 11) is 0. The first kappa shape index (κ1) is 17.6. The van der Waals surface area contributed by atoms with Crippen LogP contribution in [0.1, 0.15) is 19.6 Å². The molecule has 1 aliphatic rings. The number of hydrogen-bond donors (Lipinski definition) is 0. The Kier molecular flexibility index (Phi) is 8.79. The average Bonchev–Trinajstić information content (AvgIpc) is 2.58. The minimum atomic E-state index is 0. The molecular weight excluding hydrogens is 310 g/mol. The molecule has 1 aromatic heterocycles. The van der Waals surface area contributed by atoms with Gasteiger partial charge < -0.3 is 4.42 Å². The smallest absolute Gasteiger partial charge is 0.0888 e. The minimum Gasteiger partial charge on any atom is -0.483 e. The van der Waals surface area contributed by atoms with E-state index >= 15 is 0 Å². The van der Waals surface area contributed by atoms with Crippen LogP contribution in [0, 0.1) is 12.0 Å². The van der Waals surface area contributed by atoms with E-state index < -0.39 is 0 Å². The van der Waals surface area contributed by atoms with E-state index in [9.17, 15) is 0 Å². The van der Waals surface area contributed by atoms with Crippen LogP contribution < -0.4 is 0 Å². The van der Waals surface area contributed by atoms with Gasteiger partial charge in [-0.05, 0) is 12.1 Å². The van der Waals surface area contributed by atoms with Crippen LogP contribution in [0.15, 0.2) is 34.5 Å². The summed E-state index contributed by atoms with van der Waals surface area (Å²) in [6.07, 6.45) is 7.19. The zero-order valence-electron chi connectivity index (χ0n) is 8.61. The van der Waals surface area contributed by atoms with Crippen molar-refractivity contribution >= 4 is 30.4 Å². The van der Waals surface area contributed by atoms with Crippen molar-refractivity contribution in [1.29, 1.82) is 0 Å². The fourth-order valence-corrected chi connectivity index (χ4v) is 1.53. The van der Waals surface area contributed by atoms with Crippen molar-refractivity contribution in [1.82, 2.24) is 0 Å². The van der Waals surface area contributed by atoms with Crippen LogP contribution in [0.25, 0.3) is 5.57 Å². The van der Waals surface area contributed by atoms with Gasteiger partial charge in [0.15, 0.2) is 0 Å². The number of rotatable bonds is 1. The van der Waals surface area contributed by atoms with Crippen molar-refractivity contribution in [3.8, 4) is 0 Å². The van der Waals surface area contributed by atoms with Gasteiger partial charge in [0.25, 0.3) is 0 Å². The second-order valence-corrected chi connectivity index (χ2v) is 3.12. The van der Waals surface area contributed by atoms with Crippen molar-refractivity contribution in [3.05, 3.63) is 41.9 Å². The predicted molar refractivity (Wildman–Crippen MR) is 62.8 cm³/mol. The molecule has 1 nitrogen and oxygen atoms in total. The first-order chi connectivity index (χ1) is 5.77. The van der Waals surface area contributed by atoms with Gasteiger partial charge in [-0.15, -0.1) is 30.4 Å². The molecule has 0 saturated heterocycles. The second kappa shape index (κ2) is 7.49. The molecule has 0 amide bonds. The van der Waals surface area contributed by atoms with Gasteiger partial charge in [0.1, 0.15) is 0 Å².